The van der Waals surface area contributed by atoms with Gasteiger partial charge in [-0.2, -0.15) is 0 Å². The SMILES string of the molecule is CC(C)c1ccc(CN(CCCN)C(=O)c2ccccc2OCc2ccccc2)cc1. The largest absolute Gasteiger partial charge is 0.488 e. The molecule has 0 fully saturated rings. The van der Waals surface area contributed by atoms with Crippen LogP contribution in [-0.2, 0) is 13.2 Å². The summed E-state index contributed by atoms with van der Waals surface area (Å²) in [4.78, 5) is 15.3. The zero-order valence-electron chi connectivity index (χ0n) is 18.5. The summed E-state index contributed by atoms with van der Waals surface area (Å²) in [6.07, 6.45) is 0.753. The zero-order chi connectivity index (χ0) is 22.1. The standard InChI is InChI=1S/C27H32N2O2/c1-21(2)24-15-13-22(14-16-24)19-29(18-8-17-28)27(30)25-11-6-7-12-26(25)31-20-23-9-4-3-5-10-23/h3-7,9-16,21H,8,17-20,28H2,1-2H3. The molecule has 0 spiro atoms. The number of carbonyl (C=O) groups excluding carboxylic acids is 1. The van der Waals surface area contributed by atoms with Crippen molar-refractivity contribution in [1.82, 2.24) is 4.90 Å². The van der Waals surface area contributed by atoms with Gasteiger partial charge in [0.1, 0.15) is 12.4 Å². The van der Waals surface area contributed by atoms with Crippen LogP contribution in [0.5, 0.6) is 5.75 Å². The van der Waals surface area contributed by atoms with Gasteiger partial charge < -0.3 is 15.4 Å². The van der Waals surface area contributed by atoms with E-state index in [2.05, 4.69) is 38.1 Å². The molecule has 3 rings (SSSR count). The number of rotatable bonds is 10. The molecule has 0 atom stereocenters. The average Bonchev–Trinajstić information content (AvgIpc) is 2.81. The van der Waals surface area contributed by atoms with Crippen LogP contribution in [0.2, 0.25) is 0 Å². The van der Waals surface area contributed by atoms with Gasteiger partial charge in [0, 0.05) is 13.1 Å². The predicted octanol–water partition coefficient (Wildman–Crippen LogP) is 5.38. The molecule has 0 unspecified atom stereocenters. The van der Waals surface area contributed by atoms with Crippen LogP contribution in [0.3, 0.4) is 0 Å². The van der Waals surface area contributed by atoms with Gasteiger partial charge in [-0.15, -0.1) is 0 Å². The van der Waals surface area contributed by atoms with Gasteiger partial charge in [-0.1, -0.05) is 80.6 Å². The Balaban J connectivity index is 1.77. The molecule has 162 valence electrons. The maximum atomic E-state index is 13.5. The highest BCUT2D eigenvalue weighted by molar-refractivity contribution is 5.96. The number of hydrogen-bond donors (Lipinski definition) is 1. The highest BCUT2D eigenvalue weighted by Crippen LogP contribution is 2.23. The van der Waals surface area contributed by atoms with Crippen molar-refractivity contribution in [1.29, 1.82) is 0 Å². The monoisotopic (exact) mass is 416 g/mol. The minimum atomic E-state index is -0.0370. The summed E-state index contributed by atoms with van der Waals surface area (Å²) in [5, 5.41) is 0. The number of nitrogens with two attached hydrogens (primary N) is 1. The second-order valence-electron chi connectivity index (χ2n) is 8.04. The molecule has 3 aromatic carbocycles. The van der Waals surface area contributed by atoms with Crippen molar-refractivity contribution in [2.45, 2.75) is 39.3 Å². The fourth-order valence-electron chi connectivity index (χ4n) is 3.44. The van der Waals surface area contributed by atoms with Crippen LogP contribution < -0.4 is 10.5 Å². The van der Waals surface area contributed by atoms with Gasteiger partial charge in [-0.3, -0.25) is 4.79 Å². The van der Waals surface area contributed by atoms with E-state index in [0.717, 1.165) is 17.5 Å². The molecule has 0 saturated heterocycles. The van der Waals surface area contributed by atoms with Crippen molar-refractivity contribution in [3.8, 4) is 5.75 Å². The summed E-state index contributed by atoms with van der Waals surface area (Å²) in [6, 6.07) is 25.9. The van der Waals surface area contributed by atoms with Crippen molar-refractivity contribution in [2.75, 3.05) is 13.1 Å². The highest BCUT2D eigenvalue weighted by Gasteiger charge is 2.20. The Kier molecular flexibility index (Phi) is 8.25. The maximum absolute atomic E-state index is 13.5. The molecule has 0 bridgehead atoms. The van der Waals surface area contributed by atoms with Crippen molar-refractivity contribution in [2.24, 2.45) is 5.73 Å². The number of para-hydroxylation sites is 1. The average molecular weight is 417 g/mol. The molecule has 1 amide bonds. The molecule has 0 heterocycles. The van der Waals surface area contributed by atoms with E-state index in [4.69, 9.17) is 10.5 Å². The molecule has 4 heteroatoms. The first-order valence-electron chi connectivity index (χ1n) is 10.9. The number of nitrogens with zero attached hydrogens (tertiary/aromatic N) is 1. The van der Waals surface area contributed by atoms with Gasteiger partial charge in [0.05, 0.1) is 5.56 Å². The molecular formula is C27H32N2O2. The van der Waals surface area contributed by atoms with Gasteiger partial charge >= 0.3 is 0 Å². The molecule has 4 nitrogen and oxygen atoms in total. The smallest absolute Gasteiger partial charge is 0.257 e. The van der Waals surface area contributed by atoms with Crippen LogP contribution in [0.25, 0.3) is 0 Å². The molecule has 31 heavy (non-hydrogen) atoms. The Morgan fingerprint density at radius 1 is 0.903 bits per heavy atom. The number of hydrogen-bond acceptors (Lipinski definition) is 3. The third-order valence-corrected chi connectivity index (χ3v) is 5.29. The summed E-state index contributed by atoms with van der Waals surface area (Å²) >= 11 is 0. The second-order valence-corrected chi connectivity index (χ2v) is 8.04. The summed E-state index contributed by atoms with van der Waals surface area (Å²) in [6.45, 7) is 6.47. The van der Waals surface area contributed by atoms with Gasteiger partial charge in [0.15, 0.2) is 0 Å². The number of amides is 1. The van der Waals surface area contributed by atoms with E-state index in [1.165, 1.54) is 5.56 Å². The van der Waals surface area contributed by atoms with E-state index in [9.17, 15) is 4.79 Å². The van der Waals surface area contributed by atoms with Crippen molar-refractivity contribution >= 4 is 5.91 Å². The quantitative estimate of drug-likeness (QED) is 0.483. The topological polar surface area (TPSA) is 55.6 Å². The summed E-state index contributed by atoms with van der Waals surface area (Å²) in [5.41, 5.74) is 9.79. The Bertz CT molecular complexity index is 952. The molecule has 2 N–H and O–H groups in total. The Morgan fingerprint density at radius 3 is 2.26 bits per heavy atom. The molecule has 0 aliphatic carbocycles. The van der Waals surface area contributed by atoms with Crippen molar-refractivity contribution in [3.63, 3.8) is 0 Å². The van der Waals surface area contributed by atoms with Gasteiger partial charge in [0.25, 0.3) is 5.91 Å². The Hall–Kier alpha value is -3.11. The van der Waals surface area contributed by atoms with E-state index in [1.807, 2.05) is 59.5 Å². The first-order chi connectivity index (χ1) is 15.1. The van der Waals surface area contributed by atoms with E-state index in [1.54, 1.807) is 0 Å². The predicted molar refractivity (Wildman–Crippen MR) is 126 cm³/mol. The van der Waals surface area contributed by atoms with Crippen LogP contribution in [-0.4, -0.2) is 23.9 Å². The van der Waals surface area contributed by atoms with E-state index in [-0.39, 0.29) is 5.91 Å². The summed E-state index contributed by atoms with van der Waals surface area (Å²) in [5.74, 6) is 1.05. The van der Waals surface area contributed by atoms with Crippen LogP contribution in [0, 0.1) is 0 Å². The minimum Gasteiger partial charge on any atom is -0.488 e. The first-order valence-corrected chi connectivity index (χ1v) is 10.9. The van der Waals surface area contributed by atoms with Gasteiger partial charge in [-0.05, 0) is 47.7 Å². The second kappa shape index (κ2) is 11.3. The van der Waals surface area contributed by atoms with E-state index in [0.29, 0.717) is 43.5 Å². The molecule has 3 aromatic rings. The Labute approximate surface area is 185 Å². The maximum Gasteiger partial charge on any atom is 0.257 e. The first kappa shape index (κ1) is 22.6. The molecule has 0 aromatic heterocycles. The van der Waals surface area contributed by atoms with Crippen LogP contribution in [0.4, 0.5) is 0 Å². The molecule has 0 aliphatic heterocycles. The molecule has 0 aliphatic rings. The van der Waals surface area contributed by atoms with Crippen LogP contribution in [0.15, 0.2) is 78.9 Å². The lowest BCUT2D eigenvalue weighted by molar-refractivity contribution is 0.0737. The minimum absolute atomic E-state index is 0.0370. The lowest BCUT2D eigenvalue weighted by Crippen LogP contribution is -2.32. The summed E-state index contributed by atoms with van der Waals surface area (Å²) in [7, 11) is 0. The van der Waals surface area contributed by atoms with Crippen molar-refractivity contribution in [3.05, 3.63) is 101 Å². The van der Waals surface area contributed by atoms with Crippen LogP contribution in [0.1, 0.15) is 53.2 Å². The number of ether oxygens (including phenoxy) is 1. The lowest BCUT2D eigenvalue weighted by atomic mass is 10.0. The Morgan fingerprint density at radius 2 is 1.58 bits per heavy atom. The fraction of sp³-hybridized carbons (Fsp3) is 0.296. The lowest BCUT2D eigenvalue weighted by Gasteiger charge is -2.24. The highest BCUT2D eigenvalue weighted by atomic mass is 16.5. The third-order valence-electron chi connectivity index (χ3n) is 5.29. The third kappa shape index (κ3) is 6.43. The number of carbonyl (C=O) groups is 1. The van der Waals surface area contributed by atoms with Gasteiger partial charge in [0.2, 0.25) is 0 Å². The zero-order valence-corrected chi connectivity index (χ0v) is 18.5. The van der Waals surface area contributed by atoms with Crippen LogP contribution >= 0.6 is 0 Å². The molecular weight excluding hydrogens is 384 g/mol. The fourth-order valence-corrected chi connectivity index (χ4v) is 3.44. The van der Waals surface area contributed by atoms with E-state index >= 15 is 0 Å². The normalized spacial score (nSPS) is 10.8. The van der Waals surface area contributed by atoms with Crippen molar-refractivity contribution < 1.29 is 9.53 Å². The number of benzene rings is 3. The van der Waals surface area contributed by atoms with Gasteiger partial charge in [-0.25, -0.2) is 0 Å². The van der Waals surface area contributed by atoms with E-state index < -0.39 is 0 Å². The molecule has 0 saturated carbocycles. The molecule has 0 radical (unpaired) electrons. The summed E-state index contributed by atoms with van der Waals surface area (Å²) < 4.78 is 6.02.